The summed E-state index contributed by atoms with van der Waals surface area (Å²) in [6, 6.07) is 7.33. The highest BCUT2D eigenvalue weighted by molar-refractivity contribution is 8.32. The van der Waals surface area contributed by atoms with Gasteiger partial charge in [-0.15, -0.1) is 0 Å². The molecule has 0 N–H and O–H groups in total. The first kappa shape index (κ1) is 14.4. The lowest BCUT2D eigenvalue weighted by atomic mass is 10.2. The monoisotopic (exact) mass is 301 g/mol. The average molecular weight is 301 g/mol. The highest BCUT2D eigenvalue weighted by Crippen LogP contribution is 2.34. The van der Waals surface area contributed by atoms with E-state index in [1.165, 1.54) is 0 Å². The van der Waals surface area contributed by atoms with Crippen molar-refractivity contribution in [3.05, 3.63) is 30.0 Å². The van der Waals surface area contributed by atoms with E-state index in [0.29, 0.717) is 11.3 Å². The topological polar surface area (TPSA) is 60.2 Å². The standard InChI is InChI=1S/C13H19NO3S2/c1-18(2,3)8-9-19(15,16)10-12-11-6-4-5-7-13(11)17-14-12/h4-7H,8-10H2,1-3H3. The zero-order valence-corrected chi connectivity index (χ0v) is 13.1. The molecule has 2 rings (SSSR count). The second kappa shape index (κ2) is 5.17. The maximum absolute atomic E-state index is 12.1. The molecule has 0 fully saturated rings. The Bertz CT molecular complexity index is 668. The number of hydrogen-bond donors (Lipinski definition) is 0. The largest absolute Gasteiger partial charge is 0.356 e. The maximum Gasteiger partial charge on any atom is 0.167 e. The fourth-order valence-electron chi connectivity index (χ4n) is 1.70. The summed E-state index contributed by atoms with van der Waals surface area (Å²) in [7, 11) is -3.93. The van der Waals surface area contributed by atoms with Gasteiger partial charge in [-0.3, -0.25) is 0 Å². The zero-order chi connectivity index (χ0) is 14.1. The minimum Gasteiger partial charge on any atom is -0.356 e. The Morgan fingerprint density at radius 3 is 2.47 bits per heavy atom. The van der Waals surface area contributed by atoms with Crippen molar-refractivity contribution in [1.29, 1.82) is 0 Å². The van der Waals surface area contributed by atoms with Gasteiger partial charge in [0.2, 0.25) is 0 Å². The van der Waals surface area contributed by atoms with Gasteiger partial charge < -0.3 is 4.52 Å². The Kier molecular flexibility index (Phi) is 3.92. The van der Waals surface area contributed by atoms with Crippen LogP contribution in [0.25, 0.3) is 11.0 Å². The molecule has 0 bridgehead atoms. The first-order valence-electron chi connectivity index (χ1n) is 5.97. The molecule has 6 heteroatoms. The number of para-hydroxylation sites is 1. The molecule has 0 spiro atoms. The van der Waals surface area contributed by atoms with E-state index in [0.717, 1.165) is 11.1 Å². The van der Waals surface area contributed by atoms with Crippen molar-refractivity contribution < 1.29 is 12.9 Å². The molecule has 106 valence electrons. The summed E-state index contributed by atoms with van der Waals surface area (Å²) in [6.45, 7) is 0. The SMILES string of the molecule is CS(C)(C)CCS(=O)(=O)Cc1noc2ccccc12. The summed E-state index contributed by atoms with van der Waals surface area (Å²) >= 11 is 0. The number of sulfone groups is 1. The first-order valence-corrected chi connectivity index (χ1v) is 10.8. The summed E-state index contributed by atoms with van der Waals surface area (Å²) in [6.07, 6.45) is 6.36. The molecule has 1 aromatic heterocycles. The van der Waals surface area contributed by atoms with Gasteiger partial charge in [-0.2, -0.15) is 0 Å². The van der Waals surface area contributed by atoms with Crippen LogP contribution in [0.4, 0.5) is 0 Å². The Balaban J connectivity index is 2.16. The molecule has 0 atom stereocenters. The Labute approximate surface area is 115 Å². The van der Waals surface area contributed by atoms with Crippen molar-refractivity contribution in [2.45, 2.75) is 5.75 Å². The highest BCUT2D eigenvalue weighted by Gasteiger charge is 2.19. The number of aromatic nitrogens is 1. The van der Waals surface area contributed by atoms with Crippen LogP contribution in [0.3, 0.4) is 0 Å². The van der Waals surface area contributed by atoms with E-state index in [9.17, 15) is 8.42 Å². The van der Waals surface area contributed by atoms with E-state index < -0.39 is 19.9 Å². The molecule has 0 unspecified atom stereocenters. The number of fused-ring (bicyclic) bond motifs is 1. The van der Waals surface area contributed by atoms with Gasteiger partial charge in [0.25, 0.3) is 0 Å². The van der Waals surface area contributed by atoms with Crippen molar-refractivity contribution in [2.75, 3.05) is 30.3 Å². The number of nitrogens with zero attached hydrogens (tertiary/aromatic N) is 1. The van der Waals surface area contributed by atoms with Gasteiger partial charge in [-0.05, 0) is 36.7 Å². The van der Waals surface area contributed by atoms with E-state index >= 15 is 0 Å². The van der Waals surface area contributed by atoms with Crippen LogP contribution in [0.1, 0.15) is 5.69 Å². The molecule has 0 saturated carbocycles. The van der Waals surface area contributed by atoms with Crippen LogP contribution in [-0.4, -0.2) is 43.8 Å². The van der Waals surface area contributed by atoms with Crippen LogP contribution in [0, 0.1) is 0 Å². The molecule has 0 aliphatic carbocycles. The number of rotatable bonds is 5. The molecular formula is C13H19NO3S2. The van der Waals surface area contributed by atoms with Gasteiger partial charge in [0.05, 0.1) is 11.5 Å². The number of hydrogen-bond acceptors (Lipinski definition) is 4. The summed E-state index contributed by atoms with van der Waals surface area (Å²) < 4.78 is 29.4. The summed E-state index contributed by atoms with van der Waals surface area (Å²) in [5.41, 5.74) is 1.15. The third kappa shape index (κ3) is 3.98. The summed E-state index contributed by atoms with van der Waals surface area (Å²) in [4.78, 5) is 0. The van der Waals surface area contributed by atoms with Gasteiger partial charge in [0, 0.05) is 5.39 Å². The smallest absolute Gasteiger partial charge is 0.167 e. The van der Waals surface area contributed by atoms with E-state index in [-0.39, 0.29) is 11.5 Å². The lowest BCUT2D eigenvalue weighted by molar-refractivity contribution is 0.448. The zero-order valence-electron chi connectivity index (χ0n) is 11.4. The number of benzene rings is 1. The lowest BCUT2D eigenvalue weighted by Crippen LogP contribution is -2.15. The molecular weight excluding hydrogens is 282 g/mol. The van der Waals surface area contributed by atoms with Crippen molar-refractivity contribution in [2.24, 2.45) is 0 Å². The van der Waals surface area contributed by atoms with Crippen LogP contribution in [0.2, 0.25) is 0 Å². The van der Waals surface area contributed by atoms with Crippen LogP contribution in [-0.2, 0) is 15.6 Å². The molecule has 0 radical (unpaired) electrons. The molecule has 4 nitrogen and oxygen atoms in total. The highest BCUT2D eigenvalue weighted by atomic mass is 32.3. The molecule has 0 aliphatic rings. The van der Waals surface area contributed by atoms with Gasteiger partial charge in [-0.1, -0.05) is 17.3 Å². The lowest BCUT2D eigenvalue weighted by Gasteiger charge is -2.24. The van der Waals surface area contributed by atoms with Crippen molar-refractivity contribution in [1.82, 2.24) is 5.16 Å². The van der Waals surface area contributed by atoms with Crippen molar-refractivity contribution in [3.63, 3.8) is 0 Å². The van der Waals surface area contributed by atoms with Gasteiger partial charge in [0.15, 0.2) is 15.4 Å². The van der Waals surface area contributed by atoms with Gasteiger partial charge in [0.1, 0.15) is 5.69 Å². The fraction of sp³-hybridized carbons (Fsp3) is 0.462. The van der Waals surface area contributed by atoms with E-state index in [4.69, 9.17) is 4.52 Å². The fourth-order valence-corrected chi connectivity index (χ4v) is 5.48. The Morgan fingerprint density at radius 1 is 1.11 bits per heavy atom. The Hall–Kier alpha value is -1.01. The predicted molar refractivity (Wildman–Crippen MR) is 81.7 cm³/mol. The van der Waals surface area contributed by atoms with E-state index in [2.05, 4.69) is 23.9 Å². The quantitative estimate of drug-likeness (QED) is 0.851. The van der Waals surface area contributed by atoms with Gasteiger partial charge in [-0.25, -0.2) is 18.4 Å². The van der Waals surface area contributed by atoms with Crippen molar-refractivity contribution >= 4 is 30.8 Å². The van der Waals surface area contributed by atoms with Crippen LogP contribution >= 0.6 is 10.0 Å². The minimum atomic E-state index is -3.13. The second-order valence-corrected chi connectivity index (χ2v) is 12.3. The molecule has 2 aromatic rings. The summed E-state index contributed by atoms with van der Waals surface area (Å²) in [5.74, 6) is 0.900. The molecule has 1 heterocycles. The minimum absolute atomic E-state index is 0.0421. The van der Waals surface area contributed by atoms with E-state index in [1.54, 1.807) is 6.07 Å². The first-order chi connectivity index (χ1) is 8.77. The molecule has 0 aliphatic heterocycles. The maximum atomic E-state index is 12.1. The van der Waals surface area contributed by atoms with E-state index in [1.807, 2.05) is 18.2 Å². The van der Waals surface area contributed by atoms with Gasteiger partial charge >= 0.3 is 0 Å². The summed E-state index contributed by atoms with van der Waals surface area (Å²) in [5, 5.41) is 4.66. The predicted octanol–water partition coefficient (Wildman–Crippen LogP) is 2.44. The van der Waals surface area contributed by atoms with Crippen molar-refractivity contribution in [3.8, 4) is 0 Å². The van der Waals surface area contributed by atoms with Crippen LogP contribution < -0.4 is 0 Å². The van der Waals surface area contributed by atoms with Crippen LogP contribution in [0.5, 0.6) is 0 Å². The molecule has 19 heavy (non-hydrogen) atoms. The molecule has 1 aromatic carbocycles. The third-order valence-electron chi connectivity index (χ3n) is 2.82. The second-order valence-electron chi connectivity index (χ2n) is 5.51. The molecule has 0 amide bonds. The molecule has 0 saturated heterocycles. The average Bonchev–Trinajstić information content (AvgIpc) is 2.69. The Morgan fingerprint density at radius 2 is 1.79 bits per heavy atom. The third-order valence-corrected chi connectivity index (χ3v) is 6.04. The van der Waals surface area contributed by atoms with Crippen LogP contribution in [0.15, 0.2) is 28.8 Å². The normalized spacial score (nSPS) is 13.8.